The van der Waals surface area contributed by atoms with Crippen molar-refractivity contribution in [1.82, 2.24) is 16.2 Å². The second kappa shape index (κ2) is 11.7. The van der Waals surface area contributed by atoms with E-state index in [9.17, 15) is 14.4 Å². The molecule has 0 spiro atoms. The Morgan fingerprint density at radius 2 is 1.77 bits per heavy atom. The van der Waals surface area contributed by atoms with Gasteiger partial charge >= 0.3 is 0 Å². The van der Waals surface area contributed by atoms with Crippen LogP contribution >= 0.6 is 11.6 Å². The van der Waals surface area contributed by atoms with E-state index in [1.54, 1.807) is 36.4 Å². The molecule has 9 heteroatoms. The van der Waals surface area contributed by atoms with Gasteiger partial charge in [0.1, 0.15) is 0 Å². The summed E-state index contributed by atoms with van der Waals surface area (Å²) >= 11 is 5.94. The first-order valence-electron chi connectivity index (χ1n) is 9.39. The summed E-state index contributed by atoms with van der Waals surface area (Å²) < 4.78 is 10.9. The van der Waals surface area contributed by atoms with E-state index >= 15 is 0 Å². The number of hydrogen-bond acceptors (Lipinski definition) is 5. The molecule has 2 aromatic carbocycles. The fraction of sp³-hybridized carbons (Fsp3) is 0.286. The number of hydrogen-bond donors (Lipinski definition) is 3. The third-order valence-corrected chi connectivity index (χ3v) is 4.35. The molecule has 0 aliphatic carbocycles. The molecule has 0 aromatic heterocycles. The lowest BCUT2D eigenvalue weighted by molar-refractivity contribution is -0.120. The second-order valence-corrected chi connectivity index (χ2v) is 6.64. The van der Waals surface area contributed by atoms with E-state index in [4.69, 9.17) is 21.1 Å². The molecule has 0 bridgehead atoms. The van der Waals surface area contributed by atoms with Gasteiger partial charge in [-0.15, -0.1) is 0 Å². The maximum Gasteiger partial charge on any atom is 0.269 e. The van der Waals surface area contributed by atoms with E-state index < -0.39 is 17.7 Å². The quantitative estimate of drug-likeness (QED) is 0.416. The zero-order chi connectivity index (χ0) is 21.9. The Morgan fingerprint density at radius 3 is 2.47 bits per heavy atom. The van der Waals surface area contributed by atoms with E-state index in [2.05, 4.69) is 23.1 Å². The number of amides is 3. The predicted octanol–water partition coefficient (Wildman–Crippen LogP) is 2.72. The molecule has 0 radical (unpaired) electrons. The zero-order valence-corrected chi connectivity index (χ0v) is 17.5. The van der Waals surface area contributed by atoms with E-state index in [1.165, 1.54) is 13.2 Å². The van der Waals surface area contributed by atoms with E-state index in [0.717, 1.165) is 12.8 Å². The highest BCUT2D eigenvalue weighted by atomic mass is 35.5. The molecule has 30 heavy (non-hydrogen) atoms. The molecule has 8 nitrogen and oxygen atoms in total. The van der Waals surface area contributed by atoms with Crippen molar-refractivity contribution in [2.75, 3.05) is 20.3 Å². The van der Waals surface area contributed by atoms with E-state index in [1.807, 2.05) is 0 Å². The minimum absolute atomic E-state index is 0.254. The van der Waals surface area contributed by atoms with Gasteiger partial charge in [0, 0.05) is 5.56 Å². The Kier molecular flexibility index (Phi) is 8.96. The number of carbonyl (C=O) groups excluding carboxylic acids is 3. The standard InChI is InChI=1S/C21H24ClN3O5/c1-3-4-11-30-17-10-9-14(12-18(17)29-2)20(27)25-24-19(26)13-23-21(28)15-7-5-6-8-16(15)22/h5-10,12H,3-4,11,13H2,1-2H3,(H,23,28)(H,24,26)(H,25,27). The lowest BCUT2D eigenvalue weighted by Gasteiger charge is -2.12. The number of ether oxygens (including phenoxy) is 2. The maximum absolute atomic E-state index is 12.3. The molecule has 0 aliphatic rings. The molecule has 3 amide bonds. The van der Waals surface area contributed by atoms with Crippen molar-refractivity contribution in [3.8, 4) is 11.5 Å². The van der Waals surface area contributed by atoms with Crippen molar-refractivity contribution < 1.29 is 23.9 Å². The number of nitrogens with one attached hydrogen (secondary N) is 3. The van der Waals surface area contributed by atoms with Gasteiger partial charge in [0.15, 0.2) is 11.5 Å². The van der Waals surface area contributed by atoms with Gasteiger partial charge in [-0.05, 0) is 36.8 Å². The molecule has 2 rings (SSSR count). The van der Waals surface area contributed by atoms with Crippen molar-refractivity contribution in [2.45, 2.75) is 19.8 Å². The molecule has 0 saturated heterocycles. The number of halogens is 1. The number of hydrazine groups is 1. The summed E-state index contributed by atoms with van der Waals surface area (Å²) in [6.45, 7) is 2.27. The SMILES string of the molecule is CCCCOc1ccc(C(=O)NNC(=O)CNC(=O)c2ccccc2Cl)cc1OC. The van der Waals surface area contributed by atoms with Crippen LogP contribution in [-0.4, -0.2) is 38.0 Å². The molecule has 0 heterocycles. The zero-order valence-electron chi connectivity index (χ0n) is 16.8. The summed E-state index contributed by atoms with van der Waals surface area (Å²) in [6, 6.07) is 11.2. The Hall–Kier alpha value is -3.26. The fourth-order valence-corrected chi connectivity index (χ4v) is 2.62. The molecule has 0 unspecified atom stereocenters. The summed E-state index contributed by atoms with van der Waals surface area (Å²) in [4.78, 5) is 36.2. The van der Waals surface area contributed by atoms with Crippen molar-refractivity contribution in [3.05, 3.63) is 58.6 Å². The maximum atomic E-state index is 12.3. The Morgan fingerprint density at radius 1 is 1.00 bits per heavy atom. The summed E-state index contributed by atoms with van der Waals surface area (Å²) in [7, 11) is 1.48. The molecule has 2 aromatic rings. The topological polar surface area (TPSA) is 106 Å². The number of carbonyl (C=O) groups is 3. The molecule has 160 valence electrons. The third-order valence-electron chi connectivity index (χ3n) is 4.02. The highest BCUT2D eigenvalue weighted by Gasteiger charge is 2.14. The van der Waals surface area contributed by atoms with Gasteiger partial charge in [-0.1, -0.05) is 37.1 Å². The van der Waals surface area contributed by atoms with Crippen LogP contribution in [-0.2, 0) is 4.79 Å². The van der Waals surface area contributed by atoms with Gasteiger partial charge < -0.3 is 14.8 Å². The highest BCUT2D eigenvalue weighted by molar-refractivity contribution is 6.33. The average molecular weight is 434 g/mol. The first kappa shape index (κ1) is 23.0. The lowest BCUT2D eigenvalue weighted by atomic mass is 10.2. The normalized spacial score (nSPS) is 10.1. The van der Waals surface area contributed by atoms with Gasteiger partial charge in [0.25, 0.3) is 17.7 Å². The summed E-state index contributed by atoms with van der Waals surface area (Å²) in [5, 5.41) is 2.71. The predicted molar refractivity (Wildman–Crippen MR) is 113 cm³/mol. The van der Waals surface area contributed by atoms with Crippen molar-refractivity contribution >= 4 is 29.3 Å². The Bertz CT molecular complexity index is 904. The molecular weight excluding hydrogens is 410 g/mol. The van der Waals surface area contributed by atoms with Crippen LogP contribution < -0.4 is 25.6 Å². The molecule has 0 fully saturated rings. The van der Waals surface area contributed by atoms with Gasteiger partial charge in [-0.25, -0.2) is 0 Å². The first-order valence-corrected chi connectivity index (χ1v) is 9.76. The average Bonchev–Trinajstić information content (AvgIpc) is 2.76. The minimum atomic E-state index is -0.602. The minimum Gasteiger partial charge on any atom is -0.493 e. The van der Waals surface area contributed by atoms with Crippen LogP contribution in [0.5, 0.6) is 11.5 Å². The van der Waals surface area contributed by atoms with Gasteiger partial charge in [0.05, 0.1) is 30.8 Å². The van der Waals surface area contributed by atoms with Gasteiger partial charge in [0.2, 0.25) is 0 Å². The van der Waals surface area contributed by atoms with Crippen molar-refractivity contribution in [1.29, 1.82) is 0 Å². The van der Waals surface area contributed by atoms with Crippen LogP contribution in [0, 0.1) is 0 Å². The van der Waals surface area contributed by atoms with Crippen LogP contribution in [0.25, 0.3) is 0 Å². The number of benzene rings is 2. The Labute approximate surface area is 179 Å². The molecule has 0 saturated carbocycles. The largest absolute Gasteiger partial charge is 0.493 e. The lowest BCUT2D eigenvalue weighted by Crippen LogP contribution is -2.46. The summed E-state index contributed by atoms with van der Waals surface area (Å²) in [5.74, 6) is -0.689. The highest BCUT2D eigenvalue weighted by Crippen LogP contribution is 2.28. The second-order valence-electron chi connectivity index (χ2n) is 6.23. The summed E-state index contributed by atoms with van der Waals surface area (Å²) in [5.41, 5.74) is 5.05. The molecule has 0 aliphatic heterocycles. The van der Waals surface area contributed by atoms with Crippen LogP contribution in [0.1, 0.15) is 40.5 Å². The van der Waals surface area contributed by atoms with Crippen LogP contribution in [0.2, 0.25) is 5.02 Å². The van der Waals surface area contributed by atoms with E-state index in [-0.39, 0.29) is 22.7 Å². The van der Waals surface area contributed by atoms with Crippen molar-refractivity contribution in [3.63, 3.8) is 0 Å². The number of methoxy groups -OCH3 is 1. The van der Waals surface area contributed by atoms with E-state index in [0.29, 0.717) is 18.1 Å². The molecule has 0 atom stereocenters. The number of rotatable bonds is 9. The monoisotopic (exact) mass is 433 g/mol. The van der Waals surface area contributed by atoms with Gasteiger partial charge in [-0.2, -0.15) is 0 Å². The number of unbranched alkanes of at least 4 members (excludes halogenated alkanes) is 1. The molecular formula is C21H24ClN3O5. The fourth-order valence-electron chi connectivity index (χ4n) is 2.40. The van der Waals surface area contributed by atoms with Crippen molar-refractivity contribution in [2.24, 2.45) is 0 Å². The van der Waals surface area contributed by atoms with Crippen LogP contribution in [0.15, 0.2) is 42.5 Å². The Balaban J connectivity index is 1.85. The first-order chi connectivity index (χ1) is 14.5. The van der Waals surface area contributed by atoms with Crippen LogP contribution in [0.4, 0.5) is 0 Å². The summed E-state index contributed by atoms with van der Waals surface area (Å²) in [6.07, 6.45) is 1.91. The van der Waals surface area contributed by atoms with Gasteiger partial charge in [-0.3, -0.25) is 25.2 Å². The van der Waals surface area contributed by atoms with Crippen LogP contribution in [0.3, 0.4) is 0 Å². The molecule has 3 N–H and O–H groups in total. The smallest absolute Gasteiger partial charge is 0.269 e. The third kappa shape index (κ3) is 6.66.